The van der Waals surface area contributed by atoms with Crippen LogP contribution in [-0.4, -0.2) is 47.6 Å². The van der Waals surface area contributed by atoms with Crippen molar-refractivity contribution >= 4 is 0 Å². The normalized spacial score (nSPS) is 21.6. The molecule has 1 saturated heterocycles. The number of nitrogens with one attached hydrogen (secondary N) is 1. The molecule has 1 aliphatic rings. The summed E-state index contributed by atoms with van der Waals surface area (Å²) in [7, 11) is 2.17. The van der Waals surface area contributed by atoms with Gasteiger partial charge in [-0.05, 0) is 20.0 Å². The summed E-state index contributed by atoms with van der Waals surface area (Å²) < 4.78 is 0. The van der Waals surface area contributed by atoms with Crippen LogP contribution in [0.4, 0.5) is 0 Å². The van der Waals surface area contributed by atoms with Crippen LogP contribution >= 0.6 is 0 Å². The van der Waals surface area contributed by atoms with E-state index in [1.54, 1.807) is 0 Å². The maximum absolute atomic E-state index is 4.75. The molecule has 1 aromatic rings. The first-order chi connectivity index (χ1) is 8.84. The molecule has 2 rings (SSSR count). The number of nitrogens with zero attached hydrogens (tertiary/aromatic N) is 3. The summed E-state index contributed by atoms with van der Waals surface area (Å²) in [6.45, 7) is 11.9. The number of hydrogen-bond acceptors (Lipinski definition) is 4. The van der Waals surface area contributed by atoms with Crippen molar-refractivity contribution in [3.8, 4) is 0 Å². The van der Waals surface area contributed by atoms with Crippen molar-refractivity contribution in [2.24, 2.45) is 0 Å². The molecule has 1 fully saturated rings. The standard InChI is InChI=1S/C15H26N4/c1-11-8-13(15(2,3)4)18-14(17-11)9-12-10-19(5)7-6-16-12/h8,12,16H,6-7,9-10H2,1-5H3. The summed E-state index contributed by atoms with van der Waals surface area (Å²) in [5.74, 6) is 0.970. The Morgan fingerprint density at radius 1 is 1.37 bits per heavy atom. The highest BCUT2D eigenvalue weighted by atomic mass is 15.2. The average molecular weight is 262 g/mol. The monoisotopic (exact) mass is 262 g/mol. The highest BCUT2D eigenvalue weighted by Gasteiger charge is 2.21. The molecule has 0 radical (unpaired) electrons. The summed E-state index contributed by atoms with van der Waals surface area (Å²) in [5.41, 5.74) is 2.29. The molecule has 2 heterocycles. The second kappa shape index (κ2) is 5.55. The Morgan fingerprint density at radius 3 is 2.74 bits per heavy atom. The van der Waals surface area contributed by atoms with Crippen LogP contribution in [0.2, 0.25) is 0 Å². The minimum absolute atomic E-state index is 0.0826. The van der Waals surface area contributed by atoms with Gasteiger partial charge in [0, 0.05) is 48.9 Å². The predicted octanol–water partition coefficient (Wildman–Crippen LogP) is 1.53. The van der Waals surface area contributed by atoms with E-state index in [0.717, 1.165) is 43.3 Å². The quantitative estimate of drug-likeness (QED) is 0.877. The fraction of sp³-hybridized carbons (Fsp3) is 0.733. The lowest BCUT2D eigenvalue weighted by Crippen LogP contribution is -2.50. The maximum atomic E-state index is 4.75. The van der Waals surface area contributed by atoms with E-state index >= 15 is 0 Å². The Hall–Kier alpha value is -1.00. The lowest BCUT2D eigenvalue weighted by Gasteiger charge is -2.30. The topological polar surface area (TPSA) is 41.1 Å². The highest BCUT2D eigenvalue weighted by molar-refractivity contribution is 5.17. The van der Waals surface area contributed by atoms with Gasteiger partial charge < -0.3 is 10.2 Å². The Kier molecular flexibility index (Phi) is 4.21. The van der Waals surface area contributed by atoms with Gasteiger partial charge in [0.15, 0.2) is 0 Å². The lowest BCUT2D eigenvalue weighted by atomic mass is 9.91. The number of aryl methyl sites for hydroxylation is 1. The van der Waals surface area contributed by atoms with Crippen LogP contribution in [0.15, 0.2) is 6.07 Å². The van der Waals surface area contributed by atoms with Crippen LogP contribution in [0.5, 0.6) is 0 Å². The Balaban J connectivity index is 2.14. The van der Waals surface area contributed by atoms with E-state index in [0.29, 0.717) is 6.04 Å². The molecule has 1 N–H and O–H groups in total. The van der Waals surface area contributed by atoms with Crippen molar-refractivity contribution in [3.05, 3.63) is 23.3 Å². The molecule has 0 aromatic carbocycles. The Bertz CT molecular complexity index is 436. The van der Waals surface area contributed by atoms with Gasteiger partial charge in [0.05, 0.1) is 0 Å². The molecule has 0 amide bonds. The van der Waals surface area contributed by atoms with Crippen molar-refractivity contribution < 1.29 is 0 Å². The van der Waals surface area contributed by atoms with Gasteiger partial charge in [0.1, 0.15) is 5.82 Å². The zero-order chi connectivity index (χ0) is 14.0. The van der Waals surface area contributed by atoms with Gasteiger partial charge in [0.25, 0.3) is 0 Å². The maximum Gasteiger partial charge on any atom is 0.130 e. The molecule has 0 bridgehead atoms. The Morgan fingerprint density at radius 2 is 2.11 bits per heavy atom. The summed E-state index contributed by atoms with van der Waals surface area (Å²) in [4.78, 5) is 11.7. The zero-order valence-electron chi connectivity index (χ0n) is 12.8. The molecule has 0 aliphatic carbocycles. The van der Waals surface area contributed by atoms with E-state index in [2.05, 4.69) is 56.0 Å². The smallest absolute Gasteiger partial charge is 0.130 e. The van der Waals surface area contributed by atoms with Gasteiger partial charge in [-0.3, -0.25) is 0 Å². The van der Waals surface area contributed by atoms with Gasteiger partial charge in [-0.15, -0.1) is 0 Å². The van der Waals surface area contributed by atoms with Gasteiger partial charge in [-0.25, -0.2) is 9.97 Å². The number of aromatic nitrogens is 2. The molecule has 1 aromatic heterocycles. The molecule has 106 valence electrons. The van der Waals surface area contributed by atoms with E-state index in [1.807, 2.05) is 0 Å². The number of piperazine rings is 1. The third-order valence-corrected chi connectivity index (χ3v) is 3.56. The number of hydrogen-bond donors (Lipinski definition) is 1. The molecule has 1 atom stereocenters. The molecule has 1 unspecified atom stereocenters. The second-order valence-corrected chi connectivity index (χ2v) is 6.68. The van der Waals surface area contributed by atoms with Gasteiger partial charge in [-0.1, -0.05) is 20.8 Å². The molecule has 0 spiro atoms. The van der Waals surface area contributed by atoms with E-state index in [-0.39, 0.29) is 5.41 Å². The predicted molar refractivity (Wildman–Crippen MR) is 78.5 cm³/mol. The third-order valence-electron chi connectivity index (χ3n) is 3.56. The SMILES string of the molecule is Cc1cc(C(C)(C)C)nc(CC2CN(C)CCN2)n1. The van der Waals surface area contributed by atoms with Crippen LogP contribution in [0.25, 0.3) is 0 Å². The largest absolute Gasteiger partial charge is 0.311 e. The first-order valence-electron chi connectivity index (χ1n) is 7.11. The zero-order valence-corrected chi connectivity index (χ0v) is 12.8. The lowest BCUT2D eigenvalue weighted by molar-refractivity contribution is 0.236. The highest BCUT2D eigenvalue weighted by Crippen LogP contribution is 2.20. The molecule has 0 saturated carbocycles. The van der Waals surface area contributed by atoms with E-state index < -0.39 is 0 Å². The van der Waals surface area contributed by atoms with Crippen molar-refractivity contribution in [1.82, 2.24) is 20.2 Å². The molecule has 1 aliphatic heterocycles. The minimum Gasteiger partial charge on any atom is -0.311 e. The molecule has 4 nitrogen and oxygen atoms in total. The van der Waals surface area contributed by atoms with E-state index in [1.165, 1.54) is 0 Å². The van der Waals surface area contributed by atoms with Gasteiger partial charge in [0.2, 0.25) is 0 Å². The molecule has 19 heavy (non-hydrogen) atoms. The first-order valence-corrected chi connectivity index (χ1v) is 7.11. The molecular formula is C15H26N4. The van der Waals surface area contributed by atoms with E-state index in [4.69, 9.17) is 4.98 Å². The summed E-state index contributed by atoms with van der Waals surface area (Å²) in [5, 5.41) is 3.55. The summed E-state index contributed by atoms with van der Waals surface area (Å²) in [6.07, 6.45) is 0.912. The average Bonchev–Trinajstić information content (AvgIpc) is 2.26. The first kappa shape index (κ1) is 14.4. The van der Waals surface area contributed by atoms with Crippen LogP contribution in [0.1, 0.15) is 38.0 Å². The Labute approximate surface area is 116 Å². The molecular weight excluding hydrogens is 236 g/mol. The van der Waals surface area contributed by atoms with Crippen LogP contribution in [0, 0.1) is 6.92 Å². The van der Waals surface area contributed by atoms with Crippen LogP contribution in [-0.2, 0) is 11.8 Å². The van der Waals surface area contributed by atoms with Gasteiger partial charge in [-0.2, -0.15) is 0 Å². The summed E-state index contributed by atoms with van der Waals surface area (Å²) in [6, 6.07) is 2.57. The second-order valence-electron chi connectivity index (χ2n) is 6.68. The van der Waals surface area contributed by atoms with Crippen molar-refractivity contribution in [1.29, 1.82) is 0 Å². The van der Waals surface area contributed by atoms with Crippen molar-refractivity contribution in [2.75, 3.05) is 26.7 Å². The van der Waals surface area contributed by atoms with E-state index in [9.17, 15) is 0 Å². The van der Waals surface area contributed by atoms with Gasteiger partial charge >= 0.3 is 0 Å². The summed E-state index contributed by atoms with van der Waals surface area (Å²) >= 11 is 0. The van der Waals surface area contributed by atoms with Crippen LogP contribution < -0.4 is 5.32 Å². The van der Waals surface area contributed by atoms with Crippen LogP contribution in [0.3, 0.4) is 0 Å². The van der Waals surface area contributed by atoms with Crippen molar-refractivity contribution in [2.45, 2.75) is 45.6 Å². The third kappa shape index (κ3) is 3.98. The number of rotatable bonds is 2. The molecule has 4 heteroatoms. The van der Waals surface area contributed by atoms with Crippen molar-refractivity contribution in [3.63, 3.8) is 0 Å². The number of likely N-dealkylation sites (N-methyl/N-ethyl adjacent to an activating group) is 1. The minimum atomic E-state index is 0.0826. The fourth-order valence-electron chi connectivity index (χ4n) is 2.45. The fourth-order valence-corrected chi connectivity index (χ4v) is 2.45.